The first-order valence-corrected chi connectivity index (χ1v) is 11.4. The molecule has 1 saturated heterocycles. The van der Waals surface area contributed by atoms with E-state index >= 15 is 0 Å². The maximum atomic E-state index is 12.9. The molecule has 0 unspecified atom stereocenters. The SMILES string of the molecule is CN(C)S(=O)(=O)N1CCC2(CC1)O[C@@H](C(=O)NCc1ccccc1)Cn1ccnc12. The second kappa shape index (κ2) is 8.10. The molecule has 0 aliphatic carbocycles. The smallest absolute Gasteiger partial charge is 0.281 e. The lowest BCUT2D eigenvalue weighted by Gasteiger charge is -2.45. The monoisotopic (exact) mass is 433 g/mol. The Labute approximate surface area is 176 Å². The number of aromatic nitrogens is 2. The molecule has 2 aliphatic rings. The predicted molar refractivity (Wildman–Crippen MR) is 110 cm³/mol. The van der Waals surface area contributed by atoms with E-state index in [0.29, 0.717) is 39.0 Å². The van der Waals surface area contributed by atoms with Crippen molar-refractivity contribution in [3.05, 3.63) is 54.1 Å². The Hall–Kier alpha value is -2.27. The number of rotatable bonds is 5. The highest BCUT2D eigenvalue weighted by Crippen LogP contribution is 2.40. The zero-order chi connectivity index (χ0) is 21.4. The van der Waals surface area contributed by atoms with Gasteiger partial charge < -0.3 is 14.6 Å². The van der Waals surface area contributed by atoms with Gasteiger partial charge in [-0.25, -0.2) is 4.98 Å². The van der Waals surface area contributed by atoms with Gasteiger partial charge in [0.25, 0.3) is 16.1 Å². The fourth-order valence-electron chi connectivity index (χ4n) is 4.08. The van der Waals surface area contributed by atoms with Crippen LogP contribution in [0.5, 0.6) is 0 Å². The zero-order valence-electron chi connectivity index (χ0n) is 17.2. The van der Waals surface area contributed by atoms with Gasteiger partial charge in [-0.2, -0.15) is 17.0 Å². The second-order valence-corrected chi connectivity index (χ2v) is 10.0. The topological polar surface area (TPSA) is 96.8 Å². The summed E-state index contributed by atoms with van der Waals surface area (Å²) in [6, 6.07) is 9.71. The number of nitrogens with one attached hydrogen (secondary N) is 1. The van der Waals surface area contributed by atoms with Crippen LogP contribution in [0.1, 0.15) is 24.2 Å². The molecule has 1 fully saturated rings. The molecule has 0 radical (unpaired) electrons. The minimum Gasteiger partial charge on any atom is -0.352 e. The minimum absolute atomic E-state index is 0.180. The van der Waals surface area contributed by atoms with Crippen molar-refractivity contribution in [1.29, 1.82) is 0 Å². The Morgan fingerprint density at radius 2 is 1.97 bits per heavy atom. The van der Waals surface area contributed by atoms with Crippen LogP contribution < -0.4 is 5.32 Å². The number of amides is 1. The Morgan fingerprint density at radius 1 is 1.27 bits per heavy atom. The van der Waals surface area contributed by atoms with Crippen LogP contribution in [0.4, 0.5) is 0 Å². The molecule has 4 rings (SSSR count). The van der Waals surface area contributed by atoms with E-state index in [9.17, 15) is 13.2 Å². The summed E-state index contributed by atoms with van der Waals surface area (Å²) in [6.07, 6.45) is 3.78. The number of imidazole rings is 1. The Morgan fingerprint density at radius 3 is 2.63 bits per heavy atom. The van der Waals surface area contributed by atoms with Gasteiger partial charge in [0, 0.05) is 46.1 Å². The fraction of sp³-hybridized carbons (Fsp3) is 0.500. The number of carbonyl (C=O) groups excluding carboxylic acids is 1. The van der Waals surface area contributed by atoms with E-state index in [4.69, 9.17) is 4.74 Å². The van der Waals surface area contributed by atoms with Crippen LogP contribution in [0, 0.1) is 0 Å². The van der Waals surface area contributed by atoms with Gasteiger partial charge in [0.2, 0.25) is 0 Å². The number of piperidine rings is 1. The molecule has 0 bridgehead atoms. The molecule has 2 aliphatic heterocycles. The standard InChI is InChI=1S/C20H27N5O4S/c1-23(2)30(27,28)25-11-8-20(9-12-25)19-21-10-13-24(19)15-17(29-20)18(26)22-14-16-6-4-3-5-7-16/h3-7,10,13,17H,8-9,11-12,14-15H2,1-2H3,(H,22,26)/t17-/m1/s1. The summed E-state index contributed by atoms with van der Waals surface area (Å²) in [5.41, 5.74) is 0.247. The maximum Gasteiger partial charge on any atom is 0.281 e. The van der Waals surface area contributed by atoms with Gasteiger partial charge in [-0.15, -0.1) is 0 Å². The number of hydrogen-bond donors (Lipinski definition) is 1. The van der Waals surface area contributed by atoms with Gasteiger partial charge in [-0.1, -0.05) is 30.3 Å². The first-order chi connectivity index (χ1) is 14.3. The summed E-state index contributed by atoms with van der Waals surface area (Å²) in [5, 5.41) is 2.95. The number of nitrogens with zero attached hydrogens (tertiary/aromatic N) is 4. The van der Waals surface area contributed by atoms with Crippen molar-refractivity contribution in [2.45, 2.75) is 37.6 Å². The lowest BCUT2D eigenvalue weighted by Crippen LogP contribution is -2.55. The van der Waals surface area contributed by atoms with Gasteiger partial charge in [-0.05, 0) is 18.4 Å². The van der Waals surface area contributed by atoms with Crippen molar-refractivity contribution in [1.82, 2.24) is 23.5 Å². The first-order valence-electron chi connectivity index (χ1n) is 10.0. The molecule has 30 heavy (non-hydrogen) atoms. The van der Waals surface area contributed by atoms with Crippen LogP contribution in [0.2, 0.25) is 0 Å². The van der Waals surface area contributed by atoms with Crippen LogP contribution in [0.3, 0.4) is 0 Å². The summed E-state index contributed by atoms with van der Waals surface area (Å²) in [6.45, 7) is 1.44. The second-order valence-electron chi connectivity index (χ2n) is 7.90. The summed E-state index contributed by atoms with van der Waals surface area (Å²) < 4.78 is 35.9. The first kappa shape index (κ1) is 21.0. The molecule has 1 amide bonds. The zero-order valence-corrected chi connectivity index (χ0v) is 18.0. The highest BCUT2D eigenvalue weighted by Gasteiger charge is 2.48. The van der Waals surface area contributed by atoms with E-state index in [1.807, 2.05) is 41.1 Å². The quantitative estimate of drug-likeness (QED) is 0.749. The molecule has 2 aromatic rings. The van der Waals surface area contributed by atoms with Gasteiger partial charge in [0.15, 0.2) is 6.10 Å². The fourth-order valence-corrected chi connectivity index (χ4v) is 5.19. The van der Waals surface area contributed by atoms with Gasteiger partial charge in [0.05, 0.1) is 6.54 Å². The molecule has 162 valence electrons. The van der Waals surface area contributed by atoms with Crippen molar-refractivity contribution in [2.24, 2.45) is 0 Å². The summed E-state index contributed by atoms with van der Waals surface area (Å²) in [5.74, 6) is 0.581. The molecule has 0 saturated carbocycles. The van der Waals surface area contributed by atoms with Gasteiger partial charge >= 0.3 is 0 Å². The van der Waals surface area contributed by atoms with Crippen molar-refractivity contribution in [2.75, 3.05) is 27.2 Å². The van der Waals surface area contributed by atoms with Crippen molar-refractivity contribution in [3.8, 4) is 0 Å². The maximum absolute atomic E-state index is 12.9. The average molecular weight is 434 g/mol. The highest BCUT2D eigenvalue weighted by atomic mass is 32.2. The molecule has 1 aromatic heterocycles. The number of benzene rings is 1. The van der Waals surface area contributed by atoms with E-state index in [0.717, 1.165) is 11.4 Å². The summed E-state index contributed by atoms with van der Waals surface area (Å²) in [7, 11) is -0.435. The molecule has 1 N–H and O–H groups in total. The largest absolute Gasteiger partial charge is 0.352 e. The molecular weight excluding hydrogens is 406 g/mol. The lowest BCUT2D eigenvalue weighted by atomic mass is 9.89. The molecule has 10 heteroatoms. The molecular formula is C20H27N5O4S. The molecule has 1 aromatic carbocycles. The van der Waals surface area contributed by atoms with Crippen molar-refractivity contribution in [3.63, 3.8) is 0 Å². The minimum atomic E-state index is -3.48. The van der Waals surface area contributed by atoms with Crippen LogP contribution in [-0.4, -0.2) is 65.8 Å². The molecule has 9 nitrogen and oxygen atoms in total. The van der Waals surface area contributed by atoms with Gasteiger partial charge in [0.1, 0.15) is 11.4 Å². The normalized spacial score (nSPS) is 21.5. The van der Waals surface area contributed by atoms with E-state index < -0.39 is 21.9 Å². The molecule has 3 heterocycles. The number of ether oxygens (including phenoxy) is 1. The third kappa shape index (κ3) is 3.87. The van der Waals surface area contributed by atoms with Crippen LogP contribution in [0.15, 0.2) is 42.7 Å². The van der Waals surface area contributed by atoms with E-state index in [2.05, 4.69) is 10.3 Å². The Balaban J connectivity index is 1.49. The summed E-state index contributed by atoms with van der Waals surface area (Å²) in [4.78, 5) is 17.3. The molecule has 1 spiro atoms. The Bertz CT molecular complexity index is 997. The summed E-state index contributed by atoms with van der Waals surface area (Å²) >= 11 is 0. The van der Waals surface area contributed by atoms with Gasteiger partial charge in [-0.3, -0.25) is 4.79 Å². The predicted octanol–water partition coefficient (Wildman–Crippen LogP) is 0.696. The average Bonchev–Trinajstić information content (AvgIpc) is 3.23. The number of carbonyl (C=O) groups is 1. The van der Waals surface area contributed by atoms with Crippen LogP contribution in [-0.2, 0) is 38.4 Å². The van der Waals surface area contributed by atoms with Crippen molar-refractivity contribution >= 4 is 16.1 Å². The third-order valence-corrected chi connectivity index (χ3v) is 7.71. The van der Waals surface area contributed by atoms with E-state index in [1.54, 1.807) is 6.20 Å². The van der Waals surface area contributed by atoms with Crippen molar-refractivity contribution < 1.29 is 17.9 Å². The number of fused-ring (bicyclic) bond motifs is 2. The Kier molecular flexibility index (Phi) is 5.67. The van der Waals surface area contributed by atoms with Crippen LogP contribution in [0.25, 0.3) is 0 Å². The lowest BCUT2D eigenvalue weighted by molar-refractivity contribution is -0.171. The van der Waals surface area contributed by atoms with Crippen LogP contribution >= 0.6 is 0 Å². The molecule has 1 atom stereocenters. The van der Waals surface area contributed by atoms with E-state index in [1.165, 1.54) is 22.7 Å². The third-order valence-electron chi connectivity index (χ3n) is 5.77. The van der Waals surface area contributed by atoms with E-state index in [-0.39, 0.29) is 5.91 Å². The number of hydrogen-bond acceptors (Lipinski definition) is 5. The highest BCUT2D eigenvalue weighted by molar-refractivity contribution is 7.86.